The number of nitrogens with one attached hydrogen (secondary N) is 2. The summed E-state index contributed by atoms with van der Waals surface area (Å²) in [6.07, 6.45) is 2.02. The first-order valence-corrected chi connectivity index (χ1v) is 10.1. The van der Waals surface area contributed by atoms with Crippen LogP contribution in [0, 0.1) is 0 Å². The van der Waals surface area contributed by atoms with Crippen LogP contribution in [0.3, 0.4) is 0 Å². The van der Waals surface area contributed by atoms with E-state index in [9.17, 15) is 8.42 Å². The molecule has 1 aromatic rings. The van der Waals surface area contributed by atoms with Crippen LogP contribution in [0.4, 0.5) is 0 Å². The van der Waals surface area contributed by atoms with E-state index >= 15 is 0 Å². The first-order chi connectivity index (χ1) is 12.0. The summed E-state index contributed by atoms with van der Waals surface area (Å²) in [7, 11) is -1.28. The minimum atomic E-state index is -2.97. The topological polar surface area (TPSA) is 98.3 Å². The van der Waals surface area contributed by atoms with Crippen molar-refractivity contribution in [3.05, 3.63) is 23.8 Å². The highest BCUT2D eigenvalue weighted by Gasteiger charge is 2.12. The molecule has 2 rings (SSSR count). The van der Waals surface area contributed by atoms with E-state index in [0.29, 0.717) is 25.7 Å². The molecule has 0 radical (unpaired) electrons. The number of nitrogens with zero attached hydrogens (tertiary/aromatic N) is 1. The Kier molecular flexibility index (Phi) is 7.32. The van der Waals surface area contributed by atoms with Crippen molar-refractivity contribution in [1.82, 2.24) is 10.6 Å². The summed E-state index contributed by atoms with van der Waals surface area (Å²) in [5.41, 5.74) is 1.15. The van der Waals surface area contributed by atoms with E-state index in [4.69, 9.17) is 14.2 Å². The lowest BCUT2D eigenvalue weighted by molar-refractivity contribution is 0.154. The van der Waals surface area contributed by atoms with Gasteiger partial charge in [0.25, 0.3) is 0 Å². The quantitative estimate of drug-likeness (QED) is 0.363. The van der Waals surface area contributed by atoms with Crippen molar-refractivity contribution in [2.24, 2.45) is 4.99 Å². The highest BCUT2D eigenvalue weighted by atomic mass is 32.2. The van der Waals surface area contributed by atoms with E-state index in [-0.39, 0.29) is 19.2 Å². The molecule has 25 heavy (non-hydrogen) atoms. The molecule has 0 aromatic heterocycles. The monoisotopic (exact) mass is 371 g/mol. The van der Waals surface area contributed by atoms with Crippen molar-refractivity contribution < 1.29 is 22.6 Å². The number of guanidine groups is 1. The molecule has 0 bridgehead atoms. The Hall–Kier alpha value is -2.00. The molecule has 0 fully saturated rings. The van der Waals surface area contributed by atoms with Crippen LogP contribution in [0.2, 0.25) is 0 Å². The third-order valence-electron chi connectivity index (χ3n) is 3.50. The minimum absolute atomic E-state index is 0.0372. The molecule has 8 nitrogen and oxygen atoms in total. The molecule has 1 aliphatic rings. The number of hydrogen-bond donors (Lipinski definition) is 2. The molecule has 2 N–H and O–H groups in total. The maximum atomic E-state index is 11.0. The van der Waals surface area contributed by atoms with E-state index in [1.807, 2.05) is 18.2 Å². The molecule has 0 atom stereocenters. The predicted octanol–water partition coefficient (Wildman–Crippen LogP) is 0.184. The molecule has 0 saturated heterocycles. The fourth-order valence-electron chi connectivity index (χ4n) is 2.20. The molecule has 1 aromatic carbocycles. The molecular formula is C16H25N3O5S. The summed E-state index contributed by atoms with van der Waals surface area (Å²) in [6.45, 7) is 2.16. The Morgan fingerprint density at radius 1 is 1.20 bits per heavy atom. The normalized spacial score (nSPS) is 13.8. The van der Waals surface area contributed by atoms with Crippen LogP contribution >= 0.6 is 0 Å². The lowest BCUT2D eigenvalue weighted by atomic mass is 10.1. The number of sulfone groups is 1. The van der Waals surface area contributed by atoms with Gasteiger partial charge in [0, 0.05) is 26.4 Å². The van der Waals surface area contributed by atoms with Crippen molar-refractivity contribution >= 4 is 15.8 Å². The van der Waals surface area contributed by atoms with Gasteiger partial charge in [0.05, 0.1) is 19.0 Å². The van der Waals surface area contributed by atoms with Gasteiger partial charge in [-0.3, -0.25) is 4.99 Å². The van der Waals surface area contributed by atoms with E-state index < -0.39 is 9.84 Å². The smallest absolute Gasteiger partial charge is 0.231 e. The van der Waals surface area contributed by atoms with Crippen LogP contribution in [0.1, 0.15) is 5.56 Å². The molecule has 9 heteroatoms. The number of ether oxygens (including phenoxy) is 3. The molecule has 0 amide bonds. The molecule has 0 aliphatic carbocycles. The molecule has 0 unspecified atom stereocenters. The molecule has 1 aliphatic heterocycles. The third kappa shape index (κ3) is 7.18. The predicted molar refractivity (Wildman–Crippen MR) is 96.2 cm³/mol. The number of fused-ring (bicyclic) bond motifs is 1. The zero-order chi connectivity index (χ0) is 18.1. The number of benzene rings is 1. The molecule has 140 valence electrons. The van der Waals surface area contributed by atoms with Gasteiger partial charge in [-0.2, -0.15) is 0 Å². The second-order valence-corrected chi connectivity index (χ2v) is 7.87. The van der Waals surface area contributed by atoms with E-state index in [0.717, 1.165) is 23.5 Å². The van der Waals surface area contributed by atoms with Crippen LogP contribution in [0.15, 0.2) is 23.2 Å². The van der Waals surface area contributed by atoms with Crippen molar-refractivity contribution in [1.29, 1.82) is 0 Å². The number of rotatable bonds is 9. The first-order valence-electron chi connectivity index (χ1n) is 8.06. The van der Waals surface area contributed by atoms with Crippen molar-refractivity contribution in [2.75, 3.05) is 52.2 Å². The Labute approximate surface area is 148 Å². The molecule has 0 saturated carbocycles. The maximum absolute atomic E-state index is 11.0. The summed E-state index contributed by atoms with van der Waals surface area (Å²) in [5.74, 6) is 2.28. The highest BCUT2D eigenvalue weighted by Crippen LogP contribution is 2.32. The third-order valence-corrected chi connectivity index (χ3v) is 4.41. The summed E-state index contributed by atoms with van der Waals surface area (Å²) in [6, 6.07) is 5.91. The van der Waals surface area contributed by atoms with Crippen LogP contribution < -0.4 is 20.1 Å². The van der Waals surface area contributed by atoms with Crippen LogP contribution in [-0.2, 0) is 21.0 Å². The van der Waals surface area contributed by atoms with Gasteiger partial charge in [-0.1, -0.05) is 6.07 Å². The van der Waals surface area contributed by atoms with E-state index in [2.05, 4.69) is 15.6 Å². The van der Waals surface area contributed by atoms with Gasteiger partial charge in [0.1, 0.15) is 9.84 Å². The zero-order valence-electron chi connectivity index (χ0n) is 14.6. The van der Waals surface area contributed by atoms with Crippen LogP contribution in [0.5, 0.6) is 11.5 Å². The highest BCUT2D eigenvalue weighted by molar-refractivity contribution is 7.90. The van der Waals surface area contributed by atoms with Gasteiger partial charge >= 0.3 is 0 Å². The number of hydrogen-bond acceptors (Lipinski definition) is 6. The lowest BCUT2D eigenvalue weighted by Gasteiger charge is -2.12. The second-order valence-electron chi connectivity index (χ2n) is 5.61. The van der Waals surface area contributed by atoms with Gasteiger partial charge in [0.2, 0.25) is 6.79 Å². The molecule has 1 heterocycles. The Bertz CT molecular complexity index is 691. The average Bonchev–Trinajstić information content (AvgIpc) is 3.03. The maximum Gasteiger partial charge on any atom is 0.231 e. The van der Waals surface area contributed by atoms with Crippen molar-refractivity contribution in [2.45, 2.75) is 6.42 Å². The van der Waals surface area contributed by atoms with Gasteiger partial charge in [-0.05, 0) is 24.1 Å². The molecule has 0 spiro atoms. The van der Waals surface area contributed by atoms with E-state index in [1.54, 1.807) is 7.05 Å². The van der Waals surface area contributed by atoms with Gasteiger partial charge in [0.15, 0.2) is 17.5 Å². The number of aliphatic imine (C=N–C) groups is 1. The lowest BCUT2D eigenvalue weighted by Crippen LogP contribution is -2.39. The van der Waals surface area contributed by atoms with Gasteiger partial charge in [-0.25, -0.2) is 8.42 Å². The van der Waals surface area contributed by atoms with Crippen LogP contribution in [-0.4, -0.2) is 66.5 Å². The minimum Gasteiger partial charge on any atom is -0.454 e. The largest absolute Gasteiger partial charge is 0.454 e. The zero-order valence-corrected chi connectivity index (χ0v) is 15.4. The van der Waals surface area contributed by atoms with Gasteiger partial charge < -0.3 is 24.8 Å². The standard InChI is InChI=1S/C16H25N3O5S/c1-17-16(19-7-8-22-9-10-25(2,20)21)18-6-5-13-3-4-14-15(11-13)24-12-23-14/h3-4,11H,5-10,12H2,1-2H3,(H2,17,18,19). The summed E-state index contributed by atoms with van der Waals surface area (Å²) in [5, 5.41) is 6.33. The second kappa shape index (κ2) is 9.47. The summed E-state index contributed by atoms with van der Waals surface area (Å²) >= 11 is 0. The first kappa shape index (κ1) is 19.3. The average molecular weight is 371 g/mol. The van der Waals surface area contributed by atoms with Gasteiger partial charge in [-0.15, -0.1) is 0 Å². The fourth-order valence-corrected chi connectivity index (χ4v) is 2.62. The Morgan fingerprint density at radius 3 is 2.72 bits per heavy atom. The Balaban J connectivity index is 1.60. The summed E-state index contributed by atoms with van der Waals surface area (Å²) < 4.78 is 37.9. The van der Waals surface area contributed by atoms with Crippen molar-refractivity contribution in [3.63, 3.8) is 0 Å². The van der Waals surface area contributed by atoms with E-state index in [1.165, 1.54) is 6.26 Å². The summed E-state index contributed by atoms with van der Waals surface area (Å²) in [4.78, 5) is 4.13. The SMILES string of the molecule is CN=C(NCCOCCS(C)(=O)=O)NCCc1ccc2c(c1)OCO2. The fraction of sp³-hybridized carbons (Fsp3) is 0.562. The molecular weight excluding hydrogens is 346 g/mol. The Morgan fingerprint density at radius 2 is 1.96 bits per heavy atom. The van der Waals surface area contributed by atoms with Crippen molar-refractivity contribution in [3.8, 4) is 11.5 Å². The van der Waals surface area contributed by atoms with Crippen LogP contribution in [0.25, 0.3) is 0 Å².